The van der Waals surface area contributed by atoms with E-state index in [-0.39, 0.29) is 10.5 Å². The second-order valence-corrected chi connectivity index (χ2v) is 5.65. The number of rotatable bonds is 2. The fourth-order valence-electron chi connectivity index (χ4n) is 1.82. The van der Waals surface area contributed by atoms with Gasteiger partial charge in [0.15, 0.2) is 0 Å². The van der Waals surface area contributed by atoms with Crippen LogP contribution in [0.5, 0.6) is 0 Å². The van der Waals surface area contributed by atoms with Crippen molar-refractivity contribution in [1.82, 2.24) is 0 Å². The molecule has 1 aromatic rings. The quantitative estimate of drug-likeness (QED) is 0.779. The summed E-state index contributed by atoms with van der Waals surface area (Å²) in [5, 5.41) is 0. The van der Waals surface area contributed by atoms with Crippen molar-refractivity contribution in [3.63, 3.8) is 0 Å². The summed E-state index contributed by atoms with van der Waals surface area (Å²) in [6.07, 6.45) is -3.71. The predicted octanol–water partition coefficient (Wildman–Crippen LogP) is 2.42. The molecule has 0 fully saturated rings. The van der Waals surface area contributed by atoms with Gasteiger partial charge in [-0.2, -0.15) is 13.2 Å². The fraction of sp³-hybridized carbons (Fsp3) is 0.182. The summed E-state index contributed by atoms with van der Waals surface area (Å²) in [4.78, 5) is 9.30. The Hall–Kier alpha value is -1.63. The van der Waals surface area contributed by atoms with Crippen molar-refractivity contribution >= 4 is 22.2 Å². The Kier molecular flexibility index (Phi) is 2.81. The maximum atomic E-state index is 12.7. The van der Waals surface area contributed by atoms with Crippen LogP contribution >= 0.6 is 0 Å². The van der Waals surface area contributed by atoms with Gasteiger partial charge in [-0.1, -0.05) is 12.1 Å². The summed E-state index contributed by atoms with van der Waals surface area (Å²) < 4.78 is 62.1. The highest BCUT2D eigenvalue weighted by Gasteiger charge is 2.41. The molecule has 1 aromatic carbocycles. The molecule has 1 heterocycles. The largest absolute Gasteiger partial charge is 0.417 e. The molecule has 0 radical (unpaired) electrons. The van der Waals surface area contributed by atoms with Gasteiger partial charge in [0.25, 0.3) is 0 Å². The lowest BCUT2D eigenvalue weighted by atomic mass is 10.1. The predicted molar refractivity (Wildman–Crippen MR) is 57.3 cm³/mol. The Morgan fingerprint density at radius 2 is 1.89 bits per heavy atom. The molecule has 0 unspecified atom stereocenters. The first-order chi connectivity index (χ1) is 8.28. The molecule has 7 heteroatoms. The Labute approximate surface area is 101 Å². The molecule has 0 bridgehead atoms. The summed E-state index contributed by atoms with van der Waals surface area (Å²) in [6, 6.07) is 3.13. The van der Waals surface area contributed by atoms with Crippen molar-refractivity contribution in [3.05, 3.63) is 34.2 Å². The lowest BCUT2D eigenvalue weighted by molar-refractivity contribution is -0.139. The molecule has 0 atom stereocenters. The second kappa shape index (κ2) is 3.94. The molecule has 1 aliphatic rings. The summed E-state index contributed by atoms with van der Waals surface area (Å²) in [7, 11) is -4.21. The van der Waals surface area contributed by atoms with Gasteiger partial charge in [-0.15, -0.1) is 0 Å². The zero-order chi connectivity index (χ0) is 13.6. The van der Waals surface area contributed by atoms with Crippen LogP contribution in [0, 0.1) is 0 Å². The van der Waals surface area contributed by atoms with E-state index < -0.39 is 32.9 Å². The fourth-order valence-corrected chi connectivity index (χ4v) is 3.57. The number of hydrogen-bond acceptors (Lipinski definition) is 3. The molecule has 0 aromatic heterocycles. The van der Waals surface area contributed by atoms with E-state index in [0.717, 1.165) is 12.1 Å². The smallest absolute Gasteiger partial charge is 0.303 e. The van der Waals surface area contributed by atoms with Crippen molar-refractivity contribution in [2.75, 3.05) is 0 Å². The normalized spacial score (nSPS) is 17.2. The minimum Gasteiger partial charge on any atom is -0.303 e. The van der Waals surface area contributed by atoms with Crippen LogP contribution in [0.25, 0.3) is 6.08 Å². The minimum absolute atomic E-state index is 0.0262. The maximum absolute atomic E-state index is 12.7. The Morgan fingerprint density at radius 3 is 2.44 bits per heavy atom. The highest BCUT2D eigenvalue weighted by Crippen LogP contribution is 2.42. The van der Waals surface area contributed by atoms with E-state index in [4.69, 9.17) is 0 Å². The number of carbonyl (C=O) groups excluding carboxylic acids is 1. The van der Waals surface area contributed by atoms with Crippen LogP contribution < -0.4 is 0 Å². The van der Waals surface area contributed by atoms with Gasteiger partial charge in [0.2, 0.25) is 9.84 Å². The molecule has 0 saturated heterocycles. The molecule has 0 saturated carbocycles. The summed E-state index contributed by atoms with van der Waals surface area (Å²) in [5.74, 6) is 0. The van der Waals surface area contributed by atoms with Crippen molar-refractivity contribution in [3.8, 4) is 0 Å². The van der Waals surface area contributed by atoms with Crippen LogP contribution in [0.4, 0.5) is 13.2 Å². The van der Waals surface area contributed by atoms with E-state index in [2.05, 4.69) is 0 Å². The van der Waals surface area contributed by atoms with Crippen molar-refractivity contribution in [1.29, 1.82) is 0 Å². The Morgan fingerprint density at radius 1 is 1.22 bits per heavy atom. The van der Waals surface area contributed by atoms with Gasteiger partial charge >= 0.3 is 6.18 Å². The second-order valence-electron chi connectivity index (χ2n) is 3.71. The zero-order valence-electron chi connectivity index (χ0n) is 8.86. The molecule has 1 aliphatic heterocycles. The van der Waals surface area contributed by atoms with Gasteiger partial charge < -0.3 is 4.79 Å². The molecule has 18 heavy (non-hydrogen) atoms. The molecular formula is C11H7F3O3S. The number of carbonyl (C=O) groups is 1. The van der Waals surface area contributed by atoms with Crippen LogP contribution in [0.2, 0.25) is 0 Å². The van der Waals surface area contributed by atoms with Crippen LogP contribution in [0.1, 0.15) is 17.5 Å². The molecule has 0 spiro atoms. The number of hydrogen-bond donors (Lipinski definition) is 0. The number of benzene rings is 1. The van der Waals surface area contributed by atoms with Gasteiger partial charge in [-0.25, -0.2) is 8.42 Å². The minimum atomic E-state index is -4.75. The highest BCUT2D eigenvalue weighted by molar-refractivity contribution is 7.96. The third-order valence-corrected chi connectivity index (χ3v) is 4.53. The number of allylic oxidation sites excluding steroid dienone is 1. The highest BCUT2D eigenvalue weighted by atomic mass is 32.2. The number of aldehydes is 1. The van der Waals surface area contributed by atoms with E-state index in [1.54, 1.807) is 0 Å². The van der Waals surface area contributed by atoms with Crippen LogP contribution in [-0.4, -0.2) is 14.7 Å². The van der Waals surface area contributed by atoms with E-state index in [1.807, 2.05) is 0 Å². The average molecular weight is 276 g/mol. The van der Waals surface area contributed by atoms with E-state index in [9.17, 15) is 26.4 Å². The number of alkyl halides is 3. The first kappa shape index (κ1) is 12.8. The number of sulfone groups is 1. The van der Waals surface area contributed by atoms with Crippen molar-refractivity contribution < 1.29 is 26.4 Å². The summed E-state index contributed by atoms with van der Waals surface area (Å²) >= 11 is 0. The number of halogens is 3. The maximum Gasteiger partial charge on any atom is 0.417 e. The lowest BCUT2D eigenvalue weighted by Gasteiger charge is -2.11. The molecule has 0 aliphatic carbocycles. The Bertz CT molecular complexity index is 642. The van der Waals surface area contributed by atoms with Gasteiger partial charge in [0.1, 0.15) is 6.29 Å². The van der Waals surface area contributed by atoms with E-state index in [1.165, 1.54) is 6.07 Å². The first-order valence-corrected chi connectivity index (χ1v) is 6.36. The van der Waals surface area contributed by atoms with Gasteiger partial charge in [0.05, 0.1) is 15.4 Å². The van der Waals surface area contributed by atoms with Crippen LogP contribution in [-0.2, 0) is 20.8 Å². The number of fused-ring (bicyclic) bond motifs is 1. The molecule has 0 amide bonds. The molecule has 96 valence electrons. The third kappa shape index (κ3) is 1.84. The topological polar surface area (TPSA) is 51.2 Å². The monoisotopic (exact) mass is 276 g/mol. The van der Waals surface area contributed by atoms with Gasteiger partial charge in [-0.3, -0.25) is 0 Å². The SMILES string of the molecule is O=CCC1=Cc2cccc(C(F)(F)F)c2S1(=O)=O. The molecule has 2 rings (SSSR count). The van der Waals surface area contributed by atoms with E-state index in [0.29, 0.717) is 12.4 Å². The average Bonchev–Trinajstić information content (AvgIpc) is 2.50. The van der Waals surface area contributed by atoms with Crippen LogP contribution in [0.3, 0.4) is 0 Å². The summed E-state index contributed by atoms with van der Waals surface area (Å²) in [6.45, 7) is 0. The molecular weight excluding hydrogens is 269 g/mol. The van der Waals surface area contributed by atoms with Gasteiger partial charge in [-0.05, 0) is 17.7 Å². The van der Waals surface area contributed by atoms with E-state index >= 15 is 0 Å². The molecule has 3 nitrogen and oxygen atoms in total. The van der Waals surface area contributed by atoms with Crippen molar-refractivity contribution in [2.45, 2.75) is 17.5 Å². The Balaban J connectivity index is 2.71. The third-order valence-electron chi connectivity index (χ3n) is 2.57. The van der Waals surface area contributed by atoms with Gasteiger partial charge in [0, 0.05) is 6.42 Å². The standard InChI is InChI=1S/C11H7F3O3S/c12-11(13,14)9-3-1-2-7-6-8(4-5-15)18(16,17)10(7)9/h1-3,5-6H,4H2. The van der Waals surface area contributed by atoms with Crippen molar-refractivity contribution in [2.24, 2.45) is 0 Å². The first-order valence-electron chi connectivity index (χ1n) is 4.88. The lowest BCUT2D eigenvalue weighted by Crippen LogP contribution is -2.13. The van der Waals surface area contributed by atoms with Crippen LogP contribution in [0.15, 0.2) is 28.0 Å². The zero-order valence-corrected chi connectivity index (χ0v) is 9.68. The molecule has 0 N–H and O–H groups in total. The summed E-state index contributed by atoms with van der Waals surface area (Å²) in [5.41, 5.74) is -1.22.